The van der Waals surface area contributed by atoms with Crippen LogP contribution in [0, 0.1) is 0 Å². The number of nitrogens with one attached hydrogen (secondary N) is 1. The van der Waals surface area contributed by atoms with E-state index in [4.69, 9.17) is 0 Å². The largest absolute Gasteiger partial charge is 0.306 e. The predicted molar refractivity (Wildman–Crippen MR) is 71.1 cm³/mol. The number of hydrogen-bond acceptors (Lipinski definition) is 3. The van der Waals surface area contributed by atoms with Gasteiger partial charge in [0.2, 0.25) is 0 Å². The first-order valence-corrected chi connectivity index (χ1v) is 7.00. The van der Waals surface area contributed by atoms with Gasteiger partial charge in [-0.1, -0.05) is 6.07 Å². The van der Waals surface area contributed by atoms with Crippen molar-refractivity contribution in [3.63, 3.8) is 0 Å². The lowest BCUT2D eigenvalue weighted by Crippen LogP contribution is -2.23. The molecule has 3 heteroatoms. The van der Waals surface area contributed by atoms with Crippen molar-refractivity contribution >= 4 is 11.3 Å². The molecule has 1 N–H and O–H groups in total. The second-order valence-electron chi connectivity index (χ2n) is 4.49. The van der Waals surface area contributed by atoms with Crippen LogP contribution in [0.25, 0.3) is 0 Å². The number of aromatic nitrogens is 1. The Morgan fingerprint density at radius 1 is 1.41 bits per heavy atom. The molecule has 0 aliphatic heterocycles. The molecule has 0 fully saturated rings. The molecule has 0 unspecified atom stereocenters. The Morgan fingerprint density at radius 2 is 2.41 bits per heavy atom. The Balaban J connectivity index is 1.68. The Morgan fingerprint density at radius 3 is 3.29 bits per heavy atom. The van der Waals surface area contributed by atoms with Crippen molar-refractivity contribution in [2.45, 2.75) is 31.8 Å². The van der Waals surface area contributed by atoms with E-state index in [9.17, 15) is 0 Å². The predicted octanol–water partition coefficient (Wildman–Crippen LogP) is 3.31. The summed E-state index contributed by atoms with van der Waals surface area (Å²) in [5, 5.41) is 5.86. The summed E-state index contributed by atoms with van der Waals surface area (Å²) in [7, 11) is 0. The molecule has 1 aliphatic rings. The fraction of sp³-hybridized carbons (Fsp3) is 0.357. The fourth-order valence-electron chi connectivity index (χ4n) is 2.44. The van der Waals surface area contributed by atoms with Crippen LogP contribution in [0.4, 0.5) is 0 Å². The van der Waals surface area contributed by atoms with E-state index in [0.717, 1.165) is 6.54 Å². The van der Waals surface area contributed by atoms with E-state index in [-0.39, 0.29) is 0 Å². The van der Waals surface area contributed by atoms with Gasteiger partial charge in [0.1, 0.15) is 0 Å². The number of aryl methyl sites for hydroxylation is 1. The van der Waals surface area contributed by atoms with Gasteiger partial charge in [-0.05, 0) is 47.9 Å². The van der Waals surface area contributed by atoms with Crippen LogP contribution in [-0.2, 0) is 13.0 Å². The van der Waals surface area contributed by atoms with E-state index in [1.54, 1.807) is 4.88 Å². The van der Waals surface area contributed by atoms with Crippen LogP contribution >= 0.6 is 11.3 Å². The van der Waals surface area contributed by atoms with Crippen molar-refractivity contribution < 1.29 is 0 Å². The molecule has 2 nitrogen and oxygen atoms in total. The molecule has 2 heterocycles. The minimum absolute atomic E-state index is 0.533. The summed E-state index contributed by atoms with van der Waals surface area (Å²) in [5.41, 5.74) is 2.78. The first kappa shape index (κ1) is 10.9. The summed E-state index contributed by atoms with van der Waals surface area (Å²) in [6.07, 6.45) is 7.58. The number of thiophene rings is 1. The Kier molecular flexibility index (Phi) is 3.20. The van der Waals surface area contributed by atoms with Crippen LogP contribution in [-0.4, -0.2) is 4.98 Å². The average Bonchev–Trinajstić information content (AvgIpc) is 2.86. The quantitative estimate of drug-likeness (QED) is 0.896. The van der Waals surface area contributed by atoms with E-state index in [0.29, 0.717) is 6.04 Å². The topological polar surface area (TPSA) is 24.9 Å². The molecular formula is C14H16N2S. The third kappa shape index (κ3) is 2.40. The van der Waals surface area contributed by atoms with Gasteiger partial charge in [0, 0.05) is 29.9 Å². The molecular weight excluding hydrogens is 228 g/mol. The zero-order valence-corrected chi connectivity index (χ0v) is 10.5. The number of pyridine rings is 1. The van der Waals surface area contributed by atoms with Crippen molar-refractivity contribution in [1.29, 1.82) is 0 Å². The molecule has 1 aliphatic carbocycles. The van der Waals surface area contributed by atoms with E-state index in [1.807, 2.05) is 29.8 Å². The number of hydrogen-bond donors (Lipinski definition) is 1. The standard InChI is InChI=1S/C14H16N2S/c1-4-13(12-6-8-17-14(12)5-1)16-10-11-3-2-7-15-9-11/h2-3,6-9,13,16H,1,4-5,10H2/t13-/m0/s1. The van der Waals surface area contributed by atoms with Gasteiger partial charge in [0.05, 0.1) is 0 Å². The van der Waals surface area contributed by atoms with Gasteiger partial charge in [-0.25, -0.2) is 0 Å². The van der Waals surface area contributed by atoms with E-state index in [2.05, 4.69) is 27.8 Å². The van der Waals surface area contributed by atoms with Crippen molar-refractivity contribution in [3.05, 3.63) is 52.0 Å². The highest BCUT2D eigenvalue weighted by molar-refractivity contribution is 7.10. The Labute approximate surface area is 106 Å². The SMILES string of the molecule is c1cncc(CN[C@H]2CCCc3sccc32)c1. The highest BCUT2D eigenvalue weighted by atomic mass is 32.1. The summed E-state index contributed by atoms with van der Waals surface area (Å²) in [6.45, 7) is 0.911. The van der Waals surface area contributed by atoms with Crippen LogP contribution in [0.15, 0.2) is 36.0 Å². The summed E-state index contributed by atoms with van der Waals surface area (Å²) in [5.74, 6) is 0. The molecule has 0 bridgehead atoms. The van der Waals surface area contributed by atoms with Gasteiger partial charge < -0.3 is 5.32 Å². The Hall–Kier alpha value is -1.19. The third-order valence-electron chi connectivity index (χ3n) is 3.33. The second-order valence-corrected chi connectivity index (χ2v) is 5.49. The highest BCUT2D eigenvalue weighted by Gasteiger charge is 2.20. The first-order valence-electron chi connectivity index (χ1n) is 6.12. The molecule has 1 atom stereocenters. The first-order chi connectivity index (χ1) is 8.43. The van der Waals surface area contributed by atoms with Gasteiger partial charge in [0.15, 0.2) is 0 Å². The van der Waals surface area contributed by atoms with E-state index < -0.39 is 0 Å². The van der Waals surface area contributed by atoms with Crippen molar-refractivity contribution in [2.75, 3.05) is 0 Å². The molecule has 2 aromatic heterocycles. The highest BCUT2D eigenvalue weighted by Crippen LogP contribution is 2.33. The fourth-order valence-corrected chi connectivity index (χ4v) is 3.43. The normalized spacial score (nSPS) is 18.9. The smallest absolute Gasteiger partial charge is 0.0334 e. The molecule has 0 saturated carbocycles. The van der Waals surface area contributed by atoms with Crippen LogP contribution < -0.4 is 5.32 Å². The molecule has 3 rings (SSSR count). The van der Waals surface area contributed by atoms with Crippen molar-refractivity contribution in [3.8, 4) is 0 Å². The molecule has 0 aromatic carbocycles. The van der Waals surface area contributed by atoms with E-state index >= 15 is 0 Å². The summed E-state index contributed by atoms with van der Waals surface area (Å²) >= 11 is 1.90. The van der Waals surface area contributed by atoms with Gasteiger partial charge in [-0.15, -0.1) is 11.3 Å². The lowest BCUT2D eigenvalue weighted by Gasteiger charge is -2.23. The average molecular weight is 244 g/mol. The minimum Gasteiger partial charge on any atom is -0.306 e. The van der Waals surface area contributed by atoms with Crippen LogP contribution in [0.2, 0.25) is 0 Å². The maximum atomic E-state index is 4.14. The van der Waals surface area contributed by atoms with Crippen molar-refractivity contribution in [1.82, 2.24) is 10.3 Å². The monoisotopic (exact) mass is 244 g/mol. The molecule has 0 amide bonds. The zero-order chi connectivity index (χ0) is 11.5. The number of fused-ring (bicyclic) bond motifs is 1. The molecule has 17 heavy (non-hydrogen) atoms. The second kappa shape index (κ2) is 4.98. The maximum absolute atomic E-state index is 4.14. The van der Waals surface area contributed by atoms with Gasteiger partial charge in [-0.2, -0.15) is 0 Å². The summed E-state index contributed by atoms with van der Waals surface area (Å²) in [6, 6.07) is 6.93. The summed E-state index contributed by atoms with van der Waals surface area (Å²) in [4.78, 5) is 5.71. The van der Waals surface area contributed by atoms with Gasteiger partial charge in [-0.3, -0.25) is 4.98 Å². The Bertz CT molecular complexity index is 478. The van der Waals surface area contributed by atoms with E-state index in [1.165, 1.54) is 30.4 Å². The molecule has 88 valence electrons. The van der Waals surface area contributed by atoms with Crippen LogP contribution in [0.5, 0.6) is 0 Å². The zero-order valence-electron chi connectivity index (χ0n) is 9.73. The minimum atomic E-state index is 0.533. The molecule has 0 spiro atoms. The lowest BCUT2D eigenvalue weighted by molar-refractivity contribution is 0.463. The number of rotatable bonds is 3. The van der Waals surface area contributed by atoms with Crippen LogP contribution in [0.1, 0.15) is 34.9 Å². The molecule has 0 saturated heterocycles. The molecule has 0 radical (unpaired) electrons. The number of nitrogens with zero attached hydrogens (tertiary/aromatic N) is 1. The van der Waals surface area contributed by atoms with Gasteiger partial charge in [0.25, 0.3) is 0 Å². The van der Waals surface area contributed by atoms with Crippen molar-refractivity contribution in [2.24, 2.45) is 0 Å². The van der Waals surface area contributed by atoms with Crippen LogP contribution in [0.3, 0.4) is 0 Å². The maximum Gasteiger partial charge on any atom is 0.0334 e. The third-order valence-corrected chi connectivity index (χ3v) is 4.32. The van der Waals surface area contributed by atoms with Gasteiger partial charge >= 0.3 is 0 Å². The lowest BCUT2D eigenvalue weighted by atomic mass is 9.94. The molecule has 2 aromatic rings. The summed E-state index contributed by atoms with van der Waals surface area (Å²) < 4.78 is 0.